The van der Waals surface area contributed by atoms with Crippen LogP contribution in [0.4, 0.5) is 5.69 Å². The Labute approximate surface area is 103 Å². The van der Waals surface area contributed by atoms with Crippen LogP contribution in [0, 0.1) is 0 Å². The van der Waals surface area contributed by atoms with Gasteiger partial charge in [-0.2, -0.15) is 0 Å². The molecule has 3 N–H and O–H groups in total. The third kappa shape index (κ3) is 4.91. The van der Waals surface area contributed by atoms with Gasteiger partial charge in [0, 0.05) is 12.3 Å². The highest BCUT2D eigenvalue weighted by Crippen LogP contribution is 2.22. The fraction of sp³-hybridized carbons (Fsp3) is 0.429. The summed E-state index contributed by atoms with van der Waals surface area (Å²) in [4.78, 5) is 0. The first-order valence-electron chi connectivity index (χ1n) is 6.01. The number of nitrogens with two attached hydrogens (primary N) is 1. The molecule has 0 spiro atoms. The maximum Gasteiger partial charge on any atom is 0.122 e. The zero-order valence-corrected chi connectivity index (χ0v) is 10.2. The molecule has 0 atom stereocenters. The van der Waals surface area contributed by atoms with Gasteiger partial charge in [-0.25, -0.2) is 0 Å². The smallest absolute Gasteiger partial charge is 0.122 e. The van der Waals surface area contributed by atoms with Crippen molar-refractivity contribution in [2.45, 2.75) is 25.7 Å². The summed E-state index contributed by atoms with van der Waals surface area (Å²) in [5.74, 6) is 0.878. The summed E-state index contributed by atoms with van der Waals surface area (Å²) in [7, 11) is 0. The molecular weight excluding hydrogens is 214 g/mol. The van der Waals surface area contributed by atoms with E-state index < -0.39 is 0 Å². The quantitative estimate of drug-likeness (QED) is 0.413. The van der Waals surface area contributed by atoms with Crippen LogP contribution in [0.2, 0.25) is 0 Å². The molecule has 1 aromatic rings. The molecule has 3 nitrogen and oxygen atoms in total. The van der Waals surface area contributed by atoms with E-state index in [1.807, 2.05) is 24.3 Å². The lowest BCUT2D eigenvalue weighted by molar-refractivity contribution is 0.265. The van der Waals surface area contributed by atoms with Crippen molar-refractivity contribution in [3.63, 3.8) is 0 Å². The van der Waals surface area contributed by atoms with Crippen molar-refractivity contribution in [1.82, 2.24) is 0 Å². The highest BCUT2D eigenvalue weighted by Gasteiger charge is 2.02. The summed E-state index contributed by atoms with van der Waals surface area (Å²) < 4.78 is 5.71. The number of hydrogen-bond acceptors (Lipinski definition) is 3. The molecule has 0 aliphatic carbocycles. The van der Waals surface area contributed by atoms with Gasteiger partial charge in [-0.05, 0) is 49.4 Å². The summed E-state index contributed by atoms with van der Waals surface area (Å²) in [6, 6.07) is 5.67. The second-order valence-electron chi connectivity index (χ2n) is 3.99. The van der Waals surface area contributed by atoms with Gasteiger partial charge in [-0.3, -0.25) is 0 Å². The first-order valence-corrected chi connectivity index (χ1v) is 6.01. The van der Waals surface area contributed by atoms with Crippen molar-refractivity contribution >= 4 is 5.69 Å². The lowest BCUT2D eigenvalue weighted by atomic mass is 10.1. The molecule has 0 saturated carbocycles. The van der Waals surface area contributed by atoms with Crippen LogP contribution in [-0.2, 0) is 6.42 Å². The maximum atomic E-state index is 8.66. The van der Waals surface area contributed by atoms with Crippen molar-refractivity contribution in [3.8, 4) is 5.75 Å². The van der Waals surface area contributed by atoms with Crippen LogP contribution in [-0.4, -0.2) is 18.3 Å². The first kappa shape index (κ1) is 13.6. The molecule has 0 unspecified atom stereocenters. The molecule has 0 aliphatic heterocycles. The molecule has 3 heteroatoms. The molecule has 17 heavy (non-hydrogen) atoms. The number of rotatable bonds is 8. The van der Waals surface area contributed by atoms with Crippen molar-refractivity contribution in [2.75, 3.05) is 18.9 Å². The summed E-state index contributed by atoms with van der Waals surface area (Å²) >= 11 is 0. The lowest BCUT2D eigenvalue weighted by Crippen LogP contribution is -2.01. The Kier molecular flexibility index (Phi) is 6.18. The van der Waals surface area contributed by atoms with Crippen LogP contribution >= 0.6 is 0 Å². The Morgan fingerprint density at radius 2 is 2.12 bits per heavy atom. The van der Waals surface area contributed by atoms with Gasteiger partial charge in [0.2, 0.25) is 0 Å². The van der Waals surface area contributed by atoms with E-state index in [9.17, 15) is 0 Å². The van der Waals surface area contributed by atoms with Gasteiger partial charge in [-0.15, -0.1) is 6.58 Å². The highest BCUT2D eigenvalue weighted by atomic mass is 16.5. The molecular formula is C14H21NO2. The Hall–Kier alpha value is -1.48. The number of benzene rings is 1. The average molecular weight is 235 g/mol. The topological polar surface area (TPSA) is 55.5 Å². The van der Waals surface area contributed by atoms with Gasteiger partial charge >= 0.3 is 0 Å². The van der Waals surface area contributed by atoms with Crippen LogP contribution in [0.3, 0.4) is 0 Å². The van der Waals surface area contributed by atoms with E-state index in [4.69, 9.17) is 15.6 Å². The Balaban J connectivity index is 2.48. The molecule has 1 aromatic carbocycles. The number of nitrogen functional groups attached to an aromatic ring is 1. The molecule has 0 radical (unpaired) electrons. The summed E-state index contributed by atoms with van der Waals surface area (Å²) in [6.45, 7) is 4.65. The molecule has 0 bridgehead atoms. The SMILES string of the molecule is C=CCc1cc(N)ccc1OCCCCCO. The van der Waals surface area contributed by atoms with Crippen molar-refractivity contribution in [2.24, 2.45) is 0 Å². The number of allylic oxidation sites excluding steroid dienone is 1. The third-order valence-electron chi connectivity index (χ3n) is 2.51. The summed E-state index contributed by atoms with van der Waals surface area (Å²) in [5, 5.41) is 8.66. The van der Waals surface area contributed by atoms with E-state index in [0.717, 1.165) is 42.7 Å². The predicted octanol–water partition coefficient (Wildman–Crippen LogP) is 2.54. The summed E-state index contributed by atoms with van der Waals surface area (Å²) in [5.41, 5.74) is 7.55. The number of anilines is 1. The number of unbranched alkanes of at least 4 members (excludes halogenated alkanes) is 2. The fourth-order valence-electron chi connectivity index (χ4n) is 1.63. The van der Waals surface area contributed by atoms with E-state index in [1.165, 1.54) is 0 Å². The van der Waals surface area contributed by atoms with Crippen molar-refractivity contribution in [3.05, 3.63) is 36.4 Å². The van der Waals surface area contributed by atoms with Crippen LogP contribution in [0.5, 0.6) is 5.75 Å². The molecule has 0 saturated heterocycles. The Morgan fingerprint density at radius 1 is 1.29 bits per heavy atom. The molecule has 94 valence electrons. The molecule has 1 rings (SSSR count). The van der Waals surface area contributed by atoms with Crippen molar-refractivity contribution < 1.29 is 9.84 Å². The average Bonchev–Trinajstić information content (AvgIpc) is 2.32. The van der Waals surface area contributed by atoms with E-state index in [0.29, 0.717) is 6.61 Å². The zero-order chi connectivity index (χ0) is 12.5. The monoisotopic (exact) mass is 235 g/mol. The minimum Gasteiger partial charge on any atom is -0.493 e. The van der Waals surface area contributed by atoms with Crippen molar-refractivity contribution in [1.29, 1.82) is 0 Å². The molecule has 0 aliphatic rings. The molecule has 0 fully saturated rings. The lowest BCUT2D eigenvalue weighted by Gasteiger charge is -2.11. The number of ether oxygens (including phenoxy) is 1. The number of aliphatic hydroxyl groups excluding tert-OH is 1. The van der Waals surface area contributed by atoms with E-state index >= 15 is 0 Å². The Bertz CT molecular complexity index is 350. The third-order valence-corrected chi connectivity index (χ3v) is 2.51. The standard InChI is InChI=1S/C14H21NO2/c1-2-6-12-11-13(15)7-8-14(12)17-10-5-3-4-9-16/h2,7-8,11,16H,1,3-6,9-10,15H2. The van der Waals surface area contributed by atoms with Gasteiger partial charge in [0.1, 0.15) is 5.75 Å². The van der Waals surface area contributed by atoms with Crippen LogP contribution in [0.25, 0.3) is 0 Å². The second-order valence-corrected chi connectivity index (χ2v) is 3.99. The highest BCUT2D eigenvalue weighted by molar-refractivity contribution is 5.48. The van der Waals surface area contributed by atoms with E-state index in [1.54, 1.807) is 0 Å². The van der Waals surface area contributed by atoms with E-state index in [2.05, 4.69) is 6.58 Å². The predicted molar refractivity (Wildman–Crippen MR) is 71.2 cm³/mol. The van der Waals surface area contributed by atoms with Gasteiger partial charge < -0.3 is 15.6 Å². The van der Waals surface area contributed by atoms with Gasteiger partial charge in [-0.1, -0.05) is 6.08 Å². The largest absolute Gasteiger partial charge is 0.493 e. The molecule has 0 aromatic heterocycles. The van der Waals surface area contributed by atoms with Gasteiger partial charge in [0.15, 0.2) is 0 Å². The number of aliphatic hydroxyl groups is 1. The van der Waals surface area contributed by atoms with Gasteiger partial charge in [0.25, 0.3) is 0 Å². The molecule has 0 heterocycles. The zero-order valence-electron chi connectivity index (χ0n) is 10.2. The number of hydrogen-bond donors (Lipinski definition) is 2. The van der Waals surface area contributed by atoms with Gasteiger partial charge in [0.05, 0.1) is 6.61 Å². The normalized spacial score (nSPS) is 10.2. The van der Waals surface area contributed by atoms with Crippen LogP contribution < -0.4 is 10.5 Å². The van der Waals surface area contributed by atoms with Crippen LogP contribution in [0.15, 0.2) is 30.9 Å². The van der Waals surface area contributed by atoms with E-state index in [-0.39, 0.29) is 6.61 Å². The second kappa shape index (κ2) is 7.74. The first-order chi connectivity index (χ1) is 8.27. The molecule has 0 amide bonds. The fourth-order valence-corrected chi connectivity index (χ4v) is 1.63. The van der Waals surface area contributed by atoms with Crippen LogP contribution in [0.1, 0.15) is 24.8 Å². The minimum absolute atomic E-state index is 0.254. The maximum absolute atomic E-state index is 8.66. The summed E-state index contributed by atoms with van der Waals surface area (Å²) in [6.07, 6.45) is 5.38. The minimum atomic E-state index is 0.254. The Morgan fingerprint density at radius 3 is 2.82 bits per heavy atom.